The Hall–Kier alpha value is -2.50. The third-order valence-electron chi connectivity index (χ3n) is 4.11. The lowest BCUT2D eigenvalue weighted by Crippen LogP contribution is -2.28. The van der Waals surface area contributed by atoms with Crippen molar-refractivity contribution in [2.75, 3.05) is 25.0 Å². The van der Waals surface area contributed by atoms with E-state index in [1.165, 1.54) is 6.07 Å². The Labute approximate surface area is 140 Å². The Kier molecular flexibility index (Phi) is 5.03. The summed E-state index contributed by atoms with van der Waals surface area (Å²) >= 11 is 0. The van der Waals surface area contributed by atoms with Crippen LogP contribution in [0.15, 0.2) is 30.3 Å². The Morgan fingerprint density at radius 3 is 2.75 bits per heavy atom. The van der Waals surface area contributed by atoms with E-state index in [0.717, 1.165) is 25.9 Å². The molecule has 1 N–H and O–H groups in total. The number of carbonyl (C=O) groups excluding carboxylic acids is 1. The van der Waals surface area contributed by atoms with E-state index in [9.17, 15) is 9.18 Å². The standard InChI is InChI=1S/C18H21FN4O/c1-13-21-16(18(24)23-10-4-5-11-23)12-17(22-13)20-9-8-14-6-2-3-7-15(14)19/h2-3,6-7,12H,4-5,8-11H2,1H3,(H,20,21,22). The third kappa shape index (κ3) is 3.88. The Balaban J connectivity index is 1.65. The van der Waals surface area contributed by atoms with Crippen molar-refractivity contribution in [1.29, 1.82) is 0 Å². The predicted octanol–water partition coefficient (Wildman–Crippen LogP) is 2.81. The molecule has 1 aromatic carbocycles. The second-order valence-corrected chi connectivity index (χ2v) is 5.95. The maximum atomic E-state index is 13.6. The summed E-state index contributed by atoms with van der Waals surface area (Å²) in [5.74, 6) is 0.896. The molecule has 24 heavy (non-hydrogen) atoms. The van der Waals surface area contributed by atoms with Gasteiger partial charge in [-0.1, -0.05) is 18.2 Å². The van der Waals surface area contributed by atoms with Crippen molar-refractivity contribution < 1.29 is 9.18 Å². The van der Waals surface area contributed by atoms with Gasteiger partial charge in [0, 0.05) is 25.7 Å². The van der Waals surface area contributed by atoms with Crippen LogP contribution in [0.2, 0.25) is 0 Å². The number of carbonyl (C=O) groups is 1. The monoisotopic (exact) mass is 328 g/mol. The number of amides is 1. The molecule has 1 amide bonds. The number of hydrogen-bond donors (Lipinski definition) is 1. The number of hydrogen-bond acceptors (Lipinski definition) is 4. The van der Waals surface area contributed by atoms with Gasteiger partial charge in [-0.2, -0.15) is 0 Å². The number of aromatic nitrogens is 2. The number of nitrogens with one attached hydrogen (secondary N) is 1. The van der Waals surface area contributed by atoms with Crippen molar-refractivity contribution >= 4 is 11.7 Å². The first-order valence-corrected chi connectivity index (χ1v) is 8.26. The summed E-state index contributed by atoms with van der Waals surface area (Å²) in [5, 5.41) is 3.16. The number of benzene rings is 1. The molecule has 0 radical (unpaired) electrons. The van der Waals surface area contributed by atoms with Gasteiger partial charge in [0.25, 0.3) is 5.91 Å². The summed E-state index contributed by atoms with van der Waals surface area (Å²) in [4.78, 5) is 22.8. The lowest BCUT2D eigenvalue weighted by molar-refractivity contribution is 0.0786. The van der Waals surface area contributed by atoms with Crippen LogP contribution in [0, 0.1) is 12.7 Å². The predicted molar refractivity (Wildman–Crippen MR) is 90.5 cm³/mol. The normalized spacial score (nSPS) is 14.0. The number of nitrogens with zero attached hydrogens (tertiary/aromatic N) is 3. The number of aryl methyl sites for hydroxylation is 1. The zero-order chi connectivity index (χ0) is 16.9. The number of anilines is 1. The summed E-state index contributed by atoms with van der Waals surface area (Å²) in [7, 11) is 0. The molecule has 2 heterocycles. The van der Waals surface area contributed by atoms with Crippen molar-refractivity contribution in [3.05, 3.63) is 53.2 Å². The van der Waals surface area contributed by atoms with Crippen LogP contribution in [0.4, 0.5) is 10.2 Å². The lowest BCUT2D eigenvalue weighted by Gasteiger charge is -2.15. The second kappa shape index (κ2) is 7.38. The molecule has 0 unspecified atom stereocenters. The van der Waals surface area contributed by atoms with Crippen LogP contribution < -0.4 is 5.32 Å². The highest BCUT2D eigenvalue weighted by atomic mass is 19.1. The van der Waals surface area contributed by atoms with Gasteiger partial charge in [0.1, 0.15) is 23.2 Å². The fraction of sp³-hybridized carbons (Fsp3) is 0.389. The molecule has 1 aliphatic rings. The molecule has 0 atom stereocenters. The maximum absolute atomic E-state index is 13.6. The molecule has 6 heteroatoms. The van der Waals surface area contributed by atoms with Gasteiger partial charge in [0.2, 0.25) is 0 Å². The summed E-state index contributed by atoms with van der Waals surface area (Å²) in [6.45, 7) is 3.88. The SMILES string of the molecule is Cc1nc(NCCc2ccccc2F)cc(C(=O)N2CCCC2)n1. The van der Waals surface area contributed by atoms with Gasteiger partial charge in [0.05, 0.1) is 0 Å². The molecule has 0 bridgehead atoms. The highest BCUT2D eigenvalue weighted by Gasteiger charge is 2.21. The first-order valence-electron chi connectivity index (χ1n) is 8.26. The zero-order valence-corrected chi connectivity index (χ0v) is 13.8. The topological polar surface area (TPSA) is 58.1 Å². The lowest BCUT2D eigenvalue weighted by atomic mass is 10.1. The van der Waals surface area contributed by atoms with Crippen molar-refractivity contribution in [3.8, 4) is 0 Å². The number of likely N-dealkylation sites (tertiary alicyclic amines) is 1. The summed E-state index contributed by atoms with van der Waals surface area (Å²) in [6, 6.07) is 8.40. The van der Waals surface area contributed by atoms with Crippen LogP contribution in [0.5, 0.6) is 0 Å². The van der Waals surface area contributed by atoms with Gasteiger partial charge in [-0.05, 0) is 37.8 Å². The van der Waals surface area contributed by atoms with E-state index in [1.807, 2.05) is 11.0 Å². The molecule has 0 saturated carbocycles. The van der Waals surface area contributed by atoms with E-state index in [-0.39, 0.29) is 11.7 Å². The van der Waals surface area contributed by atoms with E-state index in [2.05, 4.69) is 15.3 Å². The smallest absolute Gasteiger partial charge is 0.272 e. The quantitative estimate of drug-likeness (QED) is 0.917. The van der Waals surface area contributed by atoms with E-state index < -0.39 is 0 Å². The fourth-order valence-electron chi connectivity index (χ4n) is 2.88. The summed E-state index contributed by atoms with van der Waals surface area (Å²) < 4.78 is 13.6. The maximum Gasteiger partial charge on any atom is 0.272 e. The minimum absolute atomic E-state index is 0.0462. The van der Waals surface area contributed by atoms with Crippen molar-refractivity contribution in [2.24, 2.45) is 0 Å². The molecule has 0 aliphatic carbocycles. The molecule has 1 aliphatic heterocycles. The molecular formula is C18H21FN4O. The van der Waals surface area contributed by atoms with E-state index in [4.69, 9.17) is 0 Å². The largest absolute Gasteiger partial charge is 0.370 e. The average Bonchev–Trinajstić information content (AvgIpc) is 3.10. The molecule has 5 nitrogen and oxygen atoms in total. The van der Waals surface area contributed by atoms with Crippen molar-refractivity contribution in [2.45, 2.75) is 26.2 Å². The van der Waals surface area contributed by atoms with E-state index in [0.29, 0.717) is 35.9 Å². The van der Waals surface area contributed by atoms with Crippen molar-refractivity contribution in [3.63, 3.8) is 0 Å². The molecule has 3 rings (SSSR count). The second-order valence-electron chi connectivity index (χ2n) is 5.95. The number of rotatable bonds is 5. The van der Waals surface area contributed by atoms with E-state index >= 15 is 0 Å². The highest BCUT2D eigenvalue weighted by Crippen LogP contribution is 2.14. The number of halogens is 1. The average molecular weight is 328 g/mol. The molecule has 2 aromatic rings. The summed E-state index contributed by atoms with van der Waals surface area (Å²) in [5.41, 5.74) is 1.07. The molecule has 126 valence electrons. The van der Waals surface area contributed by atoms with Gasteiger partial charge in [-0.25, -0.2) is 14.4 Å². The van der Waals surface area contributed by atoms with Gasteiger partial charge >= 0.3 is 0 Å². The summed E-state index contributed by atoms with van der Waals surface area (Å²) in [6.07, 6.45) is 2.64. The Morgan fingerprint density at radius 1 is 1.25 bits per heavy atom. The molecular weight excluding hydrogens is 307 g/mol. The third-order valence-corrected chi connectivity index (χ3v) is 4.11. The van der Waals surface area contributed by atoms with Gasteiger partial charge < -0.3 is 10.2 Å². The molecule has 1 saturated heterocycles. The fourth-order valence-corrected chi connectivity index (χ4v) is 2.88. The van der Waals surface area contributed by atoms with Crippen LogP contribution in [0.3, 0.4) is 0 Å². The van der Waals surface area contributed by atoms with Gasteiger partial charge in [0.15, 0.2) is 0 Å². The first kappa shape index (κ1) is 16.4. The van der Waals surface area contributed by atoms with Crippen LogP contribution in [0.1, 0.15) is 34.7 Å². The Bertz CT molecular complexity index is 729. The van der Waals surface area contributed by atoms with Crippen molar-refractivity contribution in [1.82, 2.24) is 14.9 Å². The zero-order valence-electron chi connectivity index (χ0n) is 13.8. The van der Waals surface area contributed by atoms with Crippen LogP contribution in [-0.2, 0) is 6.42 Å². The molecule has 1 fully saturated rings. The van der Waals surface area contributed by atoms with E-state index in [1.54, 1.807) is 25.1 Å². The van der Waals surface area contributed by atoms with Crippen LogP contribution in [0.25, 0.3) is 0 Å². The molecule has 1 aromatic heterocycles. The highest BCUT2D eigenvalue weighted by molar-refractivity contribution is 5.93. The van der Waals surface area contributed by atoms with Gasteiger partial charge in [-0.3, -0.25) is 4.79 Å². The minimum atomic E-state index is -0.205. The van der Waals surface area contributed by atoms with Crippen LogP contribution >= 0.6 is 0 Å². The van der Waals surface area contributed by atoms with Crippen LogP contribution in [-0.4, -0.2) is 40.4 Å². The minimum Gasteiger partial charge on any atom is -0.370 e. The first-order chi connectivity index (χ1) is 11.6. The Morgan fingerprint density at radius 2 is 2.00 bits per heavy atom. The molecule has 0 spiro atoms. The van der Waals surface area contributed by atoms with Gasteiger partial charge in [-0.15, -0.1) is 0 Å².